The molecule has 4 nitrogen and oxygen atoms in total. The molecule has 1 rings (SSSR count). The monoisotopic (exact) mass is 356 g/mol. The maximum atomic E-state index is 11.4. The quantitative estimate of drug-likeness (QED) is 0.246. The average Bonchev–Trinajstić information content (AvgIpc) is 3.24. The zero-order valence-electron chi connectivity index (χ0n) is 16.7. The summed E-state index contributed by atoms with van der Waals surface area (Å²) >= 11 is 0. The van der Waals surface area contributed by atoms with Crippen LogP contribution in [0, 0.1) is 5.92 Å². The zero-order chi connectivity index (χ0) is 18.5. The third-order valence-electron chi connectivity index (χ3n) is 5.13. The SMILES string of the molecule is CCOC(=O)/C=C\[C@@H]1O[C@H]1[C@H](C)CO[Si](C(C)C)(C(C)C)C(C)C. The standard InChI is InChI=1S/C19H36O4Si/c1-9-21-18(20)11-10-17-19(23-17)16(8)12-22-24(13(2)3,14(4)5)15(6)7/h10-11,13-17,19H,9,12H2,1-8H3/b11-10-/t16-,17+,19+/m1/s1. The first-order chi connectivity index (χ1) is 11.2. The van der Waals surface area contributed by atoms with E-state index in [1.165, 1.54) is 6.08 Å². The lowest BCUT2D eigenvalue weighted by Gasteiger charge is -2.42. The molecule has 1 aliphatic rings. The molecule has 1 saturated heterocycles. The lowest BCUT2D eigenvalue weighted by atomic mass is 10.1. The van der Waals surface area contributed by atoms with Crippen LogP contribution >= 0.6 is 0 Å². The van der Waals surface area contributed by atoms with Gasteiger partial charge in [0.1, 0.15) is 6.10 Å². The van der Waals surface area contributed by atoms with Gasteiger partial charge in [-0.05, 0) is 29.6 Å². The summed E-state index contributed by atoms with van der Waals surface area (Å²) < 4.78 is 17.2. The number of ether oxygens (including phenoxy) is 2. The van der Waals surface area contributed by atoms with Gasteiger partial charge < -0.3 is 13.9 Å². The summed E-state index contributed by atoms with van der Waals surface area (Å²) in [5, 5.41) is 0. The van der Waals surface area contributed by atoms with Crippen LogP contribution in [0.4, 0.5) is 0 Å². The van der Waals surface area contributed by atoms with Crippen LogP contribution in [-0.2, 0) is 18.7 Å². The van der Waals surface area contributed by atoms with Crippen molar-refractivity contribution >= 4 is 14.3 Å². The molecule has 0 bridgehead atoms. The Morgan fingerprint density at radius 2 is 1.62 bits per heavy atom. The molecular weight excluding hydrogens is 320 g/mol. The minimum Gasteiger partial charge on any atom is -0.463 e. The summed E-state index contributed by atoms with van der Waals surface area (Å²) in [6.45, 7) is 18.9. The lowest BCUT2D eigenvalue weighted by Crippen LogP contribution is -2.48. The van der Waals surface area contributed by atoms with Gasteiger partial charge >= 0.3 is 5.97 Å². The Hall–Kier alpha value is -0.653. The Labute approximate surface area is 149 Å². The first kappa shape index (κ1) is 21.4. The zero-order valence-corrected chi connectivity index (χ0v) is 17.7. The Morgan fingerprint density at radius 3 is 2.08 bits per heavy atom. The van der Waals surface area contributed by atoms with E-state index in [1.54, 1.807) is 13.0 Å². The van der Waals surface area contributed by atoms with Crippen molar-refractivity contribution in [2.24, 2.45) is 5.92 Å². The fourth-order valence-electron chi connectivity index (χ4n) is 3.98. The largest absolute Gasteiger partial charge is 0.463 e. The first-order valence-corrected chi connectivity index (χ1v) is 11.4. The van der Waals surface area contributed by atoms with Crippen molar-refractivity contribution in [1.82, 2.24) is 0 Å². The molecule has 0 radical (unpaired) electrons. The normalized spacial score (nSPS) is 22.6. The number of carbonyl (C=O) groups is 1. The Kier molecular flexibility index (Phi) is 8.16. The molecule has 0 aromatic carbocycles. The number of epoxide rings is 1. The highest BCUT2D eigenvalue weighted by atomic mass is 28.4. The molecular formula is C19H36O4Si. The third kappa shape index (κ3) is 5.17. The van der Waals surface area contributed by atoms with Crippen molar-refractivity contribution in [3.05, 3.63) is 12.2 Å². The van der Waals surface area contributed by atoms with Gasteiger partial charge in [-0.15, -0.1) is 0 Å². The Bertz CT molecular complexity index is 409. The van der Waals surface area contributed by atoms with Gasteiger partial charge in [0.05, 0.1) is 12.7 Å². The van der Waals surface area contributed by atoms with E-state index in [1.807, 2.05) is 0 Å². The van der Waals surface area contributed by atoms with Crippen LogP contribution in [0.3, 0.4) is 0 Å². The van der Waals surface area contributed by atoms with Crippen molar-refractivity contribution in [2.45, 2.75) is 84.2 Å². The molecule has 140 valence electrons. The van der Waals surface area contributed by atoms with Crippen LogP contribution in [0.15, 0.2) is 12.2 Å². The maximum Gasteiger partial charge on any atom is 0.330 e. The predicted octanol–water partition coefficient (Wildman–Crippen LogP) is 4.70. The van der Waals surface area contributed by atoms with E-state index >= 15 is 0 Å². The molecule has 0 unspecified atom stereocenters. The summed E-state index contributed by atoms with van der Waals surface area (Å²) in [6, 6.07) is 0. The number of carbonyl (C=O) groups excluding carboxylic acids is 1. The van der Waals surface area contributed by atoms with Crippen LogP contribution < -0.4 is 0 Å². The first-order valence-electron chi connectivity index (χ1n) is 9.31. The summed E-state index contributed by atoms with van der Waals surface area (Å²) in [5.41, 5.74) is 1.76. The molecule has 0 spiro atoms. The highest BCUT2D eigenvalue weighted by Gasteiger charge is 2.47. The number of hydrogen-bond donors (Lipinski definition) is 0. The van der Waals surface area contributed by atoms with Gasteiger partial charge in [-0.1, -0.05) is 48.5 Å². The predicted molar refractivity (Wildman–Crippen MR) is 101 cm³/mol. The minimum absolute atomic E-state index is 0.0150. The van der Waals surface area contributed by atoms with Gasteiger partial charge in [-0.2, -0.15) is 0 Å². The number of hydrogen-bond acceptors (Lipinski definition) is 4. The molecule has 1 aliphatic heterocycles. The highest BCUT2D eigenvalue weighted by Crippen LogP contribution is 2.43. The topological polar surface area (TPSA) is 48.1 Å². The smallest absolute Gasteiger partial charge is 0.330 e. The third-order valence-corrected chi connectivity index (χ3v) is 11.2. The fourth-order valence-corrected chi connectivity index (χ4v) is 9.53. The average molecular weight is 357 g/mol. The van der Waals surface area contributed by atoms with Gasteiger partial charge in [0.25, 0.3) is 0 Å². The highest BCUT2D eigenvalue weighted by molar-refractivity contribution is 6.77. The van der Waals surface area contributed by atoms with Gasteiger partial charge in [-0.3, -0.25) is 0 Å². The van der Waals surface area contributed by atoms with E-state index in [-0.39, 0.29) is 18.2 Å². The van der Waals surface area contributed by atoms with Gasteiger partial charge in [0.15, 0.2) is 8.32 Å². The van der Waals surface area contributed by atoms with Gasteiger partial charge in [0.2, 0.25) is 0 Å². The van der Waals surface area contributed by atoms with Crippen LogP contribution in [0.1, 0.15) is 55.4 Å². The van der Waals surface area contributed by atoms with Crippen molar-refractivity contribution < 1.29 is 18.7 Å². The van der Waals surface area contributed by atoms with Crippen molar-refractivity contribution in [2.75, 3.05) is 13.2 Å². The second-order valence-electron chi connectivity index (χ2n) is 7.78. The van der Waals surface area contributed by atoms with Crippen LogP contribution in [0.5, 0.6) is 0 Å². The summed E-state index contributed by atoms with van der Waals surface area (Å²) in [5.74, 6) is 0.0199. The van der Waals surface area contributed by atoms with Crippen LogP contribution in [0.25, 0.3) is 0 Å². The second-order valence-corrected chi connectivity index (χ2v) is 13.2. The molecule has 24 heavy (non-hydrogen) atoms. The fraction of sp³-hybridized carbons (Fsp3) is 0.842. The Balaban J connectivity index is 2.57. The summed E-state index contributed by atoms with van der Waals surface area (Å²) in [6.07, 6.45) is 3.43. The summed E-state index contributed by atoms with van der Waals surface area (Å²) in [7, 11) is -1.83. The van der Waals surface area contributed by atoms with E-state index in [0.717, 1.165) is 6.61 Å². The van der Waals surface area contributed by atoms with E-state index in [0.29, 0.717) is 29.1 Å². The van der Waals surface area contributed by atoms with E-state index in [9.17, 15) is 4.79 Å². The van der Waals surface area contributed by atoms with E-state index in [2.05, 4.69) is 48.5 Å². The minimum atomic E-state index is -1.83. The maximum absolute atomic E-state index is 11.4. The molecule has 1 fully saturated rings. The number of esters is 1. The van der Waals surface area contributed by atoms with Gasteiger partial charge in [-0.25, -0.2) is 4.79 Å². The molecule has 3 atom stereocenters. The molecule has 0 aromatic heterocycles. The molecule has 0 amide bonds. The lowest BCUT2D eigenvalue weighted by molar-refractivity contribution is -0.137. The van der Waals surface area contributed by atoms with E-state index < -0.39 is 8.32 Å². The van der Waals surface area contributed by atoms with Crippen molar-refractivity contribution in [3.63, 3.8) is 0 Å². The van der Waals surface area contributed by atoms with Crippen molar-refractivity contribution in [3.8, 4) is 0 Å². The number of rotatable bonds is 10. The second kappa shape index (κ2) is 9.16. The Morgan fingerprint density at radius 1 is 1.08 bits per heavy atom. The molecule has 0 aliphatic carbocycles. The summed E-state index contributed by atoms with van der Waals surface area (Å²) in [4.78, 5) is 11.4. The molecule has 5 heteroatoms. The van der Waals surface area contributed by atoms with Gasteiger partial charge in [0, 0.05) is 18.6 Å². The molecule has 0 saturated carbocycles. The molecule has 1 heterocycles. The van der Waals surface area contributed by atoms with E-state index in [4.69, 9.17) is 13.9 Å². The van der Waals surface area contributed by atoms with Crippen molar-refractivity contribution in [1.29, 1.82) is 0 Å². The van der Waals surface area contributed by atoms with Crippen LogP contribution in [-0.4, -0.2) is 39.7 Å². The molecule has 0 aromatic rings. The van der Waals surface area contributed by atoms with Crippen LogP contribution in [0.2, 0.25) is 16.6 Å². The molecule has 0 N–H and O–H groups in total.